The maximum Gasteiger partial charge on any atom is 0.282 e. The average Bonchev–Trinajstić information content (AvgIpc) is 2.21. The largest absolute Gasteiger partial charge is 0.390 e. The van der Waals surface area contributed by atoms with E-state index in [0.717, 1.165) is 0 Å². The summed E-state index contributed by atoms with van der Waals surface area (Å²) >= 11 is 3.09. The van der Waals surface area contributed by atoms with Crippen LogP contribution in [0, 0.1) is 5.82 Å². The fourth-order valence-corrected chi connectivity index (χ4v) is 1.43. The van der Waals surface area contributed by atoms with E-state index < -0.39 is 24.9 Å². The van der Waals surface area contributed by atoms with Gasteiger partial charge < -0.3 is 10.4 Å². The smallest absolute Gasteiger partial charge is 0.282 e. The highest BCUT2D eigenvalue weighted by molar-refractivity contribution is 9.10. The molecule has 0 spiro atoms. The van der Waals surface area contributed by atoms with Crippen molar-refractivity contribution in [2.24, 2.45) is 0 Å². The van der Waals surface area contributed by atoms with Crippen molar-refractivity contribution in [2.75, 3.05) is 13.2 Å². The number of aliphatic hydroxyl groups is 1. The van der Waals surface area contributed by atoms with Crippen LogP contribution in [0.4, 0.5) is 13.2 Å². The third-order valence-electron chi connectivity index (χ3n) is 1.95. The van der Waals surface area contributed by atoms with Crippen LogP contribution in [0.15, 0.2) is 22.7 Å². The molecule has 0 radical (unpaired) electrons. The molecule has 0 bridgehead atoms. The van der Waals surface area contributed by atoms with Crippen molar-refractivity contribution in [3.05, 3.63) is 34.1 Å². The van der Waals surface area contributed by atoms with Gasteiger partial charge in [-0.15, -0.1) is 0 Å². The summed E-state index contributed by atoms with van der Waals surface area (Å²) in [6, 6.07) is 4.40. The zero-order valence-corrected chi connectivity index (χ0v) is 9.90. The Morgan fingerprint density at radius 2 is 2.06 bits per heavy atom. The van der Waals surface area contributed by atoms with Crippen LogP contribution in [0.5, 0.6) is 0 Å². The molecule has 0 fully saturated rings. The number of halogens is 4. The molecule has 6 heteroatoms. The monoisotopic (exact) mass is 297 g/mol. The molecule has 0 saturated carbocycles. The Kier molecular flexibility index (Phi) is 4.76. The quantitative estimate of drug-likeness (QED) is 0.874. The van der Waals surface area contributed by atoms with Crippen molar-refractivity contribution < 1.29 is 18.3 Å². The summed E-state index contributed by atoms with van der Waals surface area (Å²) < 4.78 is 39.1. The second-order valence-electron chi connectivity index (χ2n) is 3.35. The van der Waals surface area contributed by atoms with Crippen LogP contribution in [-0.4, -0.2) is 24.2 Å². The number of hydrogen-bond donors (Lipinski definition) is 2. The summed E-state index contributed by atoms with van der Waals surface area (Å²) in [5.41, 5.74) is 0.303. The van der Waals surface area contributed by atoms with Crippen molar-refractivity contribution in [2.45, 2.75) is 12.5 Å². The van der Waals surface area contributed by atoms with E-state index in [1.807, 2.05) is 0 Å². The lowest BCUT2D eigenvalue weighted by atomic mass is 10.2. The molecule has 0 amide bonds. The van der Waals surface area contributed by atoms with Gasteiger partial charge in [0.25, 0.3) is 5.92 Å². The molecule has 0 atom stereocenters. The van der Waals surface area contributed by atoms with Gasteiger partial charge in [0.15, 0.2) is 0 Å². The van der Waals surface area contributed by atoms with Gasteiger partial charge in [-0.05, 0) is 12.1 Å². The zero-order chi connectivity index (χ0) is 12.2. The van der Waals surface area contributed by atoms with Crippen LogP contribution in [0.25, 0.3) is 0 Å². The minimum absolute atomic E-state index is 0.00525. The number of benzene rings is 1. The molecule has 0 aliphatic carbocycles. The van der Waals surface area contributed by atoms with Crippen molar-refractivity contribution in [1.29, 1.82) is 0 Å². The topological polar surface area (TPSA) is 32.3 Å². The second kappa shape index (κ2) is 5.65. The van der Waals surface area contributed by atoms with E-state index in [9.17, 15) is 13.2 Å². The van der Waals surface area contributed by atoms with Gasteiger partial charge in [-0.2, -0.15) is 0 Å². The molecule has 2 nitrogen and oxygen atoms in total. The fourth-order valence-electron chi connectivity index (χ4n) is 1.10. The van der Waals surface area contributed by atoms with Crippen LogP contribution >= 0.6 is 15.9 Å². The minimum atomic E-state index is -3.17. The second-order valence-corrected chi connectivity index (χ2v) is 4.27. The molecular weight excluding hydrogens is 287 g/mol. The summed E-state index contributed by atoms with van der Waals surface area (Å²) in [6.45, 7) is -1.91. The van der Waals surface area contributed by atoms with Crippen LogP contribution in [-0.2, 0) is 6.54 Å². The molecule has 2 N–H and O–H groups in total. The van der Waals surface area contributed by atoms with E-state index in [1.165, 1.54) is 12.1 Å². The van der Waals surface area contributed by atoms with Crippen molar-refractivity contribution >= 4 is 15.9 Å². The van der Waals surface area contributed by atoms with E-state index in [4.69, 9.17) is 5.11 Å². The van der Waals surface area contributed by atoms with E-state index in [1.54, 1.807) is 6.07 Å². The molecule has 0 unspecified atom stereocenters. The molecule has 0 aliphatic heterocycles. The molecule has 1 rings (SSSR count). The Balaban J connectivity index is 2.49. The Morgan fingerprint density at radius 1 is 1.38 bits per heavy atom. The van der Waals surface area contributed by atoms with Crippen LogP contribution in [0.2, 0.25) is 0 Å². The lowest BCUT2D eigenvalue weighted by Crippen LogP contribution is -2.35. The predicted molar refractivity (Wildman–Crippen MR) is 57.8 cm³/mol. The summed E-state index contributed by atoms with van der Waals surface area (Å²) in [4.78, 5) is 0. The first-order valence-electron chi connectivity index (χ1n) is 4.58. The van der Waals surface area contributed by atoms with Crippen LogP contribution in [0.3, 0.4) is 0 Å². The first-order chi connectivity index (χ1) is 7.44. The number of aliphatic hydroxyl groups excluding tert-OH is 1. The molecule has 0 aliphatic rings. The Labute approximate surface area is 99.6 Å². The van der Waals surface area contributed by atoms with Gasteiger partial charge in [0, 0.05) is 16.6 Å². The highest BCUT2D eigenvalue weighted by atomic mass is 79.9. The van der Waals surface area contributed by atoms with E-state index in [2.05, 4.69) is 21.2 Å². The van der Waals surface area contributed by atoms with Gasteiger partial charge in [-0.25, -0.2) is 13.2 Å². The molecule has 1 aromatic rings. The fraction of sp³-hybridized carbons (Fsp3) is 0.400. The Hall–Kier alpha value is -0.590. The number of nitrogens with one attached hydrogen (secondary N) is 1. The molecule has 0 aromatic heterocycles. The lowest BCUT2D eigenvalue weighted by molar-refractivity contribution is -0.0478. The number of rotatable bonds is 5. The third-order valence-corrected chi connectivity index (χ3v) is 2.44. The van der Waals surface area contributed by atoms with Crippen molar-refractivity contribution in [3.63, 3.8) is 0 Å². The van der Waals surface area contributed by atoms with Gasteiger partial charge in [0.2, 0.25) is 0 Å². The highest BCUT2D eigenvalue weighted by Crippen LogP contribution is 2.15. The standard InChI is InChI=1S/C10H11BrF3NO/c11-8-2-1-7(9(12)3-8)4-15-5-10(13,14)6-16/h1-3,15-16H,4-6H2. The molecular formula is C10H11BrF3NO. The van der Waals surface area contributed by atoms with Gasteiger partial charge >= 0.3 is 0 Å². The molecule has 0 saturated heterocycles. The van der Waals surface area contributed by atoms with Crippen molar-refractivity contribution in [1.82, 2.24) is 5.32 Å². The Bertz CT molecular complexity index is 360. The van der Waals surface area contributed by atoms with E-state index in [0.29, 0.717) is 10.0 Å². The normalized spacial score (nSPS) is 11.8. The first kappa shape index (κ1) is 13.5. The van der Waals surface area contributed by atoms with Gasteiger partial charge in [-0.3, -0.25) is 0 Å². The molecule has 0 heterocycles. The van der Waals surface area contributed by atoms with E-state index in [-0.39, 0.29) is 6.54 Å². The molecule has 16 heavy (non-hydrogen) atoms. The number of hydrogen-bond acceptors (Lipinski definition) is 2. The maximum atomic E-state index is 13.2. The molecule has 90 valence electrons. The summed E-state index contributed by atoms with van der Waals surface area (Å²) in [7, 11) is 0. The van der Waals surface area contributed by atoms with Crippen LogP contribution in [0.1, 0.15) is 5.56 Å². The third kappa shape index (κ3) is 4.11. The predicted octanol–water partition coefficient (Wildman–Crippen LogP) is 2.31. The van der Waals surface area contributed by atoms with Gasteiger partial charge in [-0.1, -0.05) is 22.0 Å². The average molecular weight is 298 g/mol. The van der Waals surface area contributed by atoms with Crippen molar-refractivity contribution in [3.8, 4) is 0 Å². The first-order valence-corrected chi connectivity index (χ1v) is 5.37. The van der Waals surface area contributed by atoms with E-state index >= 15 is 0 Å². The summed E-state index contributed by atoms with van der Waals surface area (Å²) in [5.74, 6) is -3.64. The lowest BCUT2D eigenvalue weighted by Gasteiger charge is -2.14. The SMILES string of the molecule is OCC(F)(F)CNCc1ccc(Br)cc1F. The summed E-state index contributed by atoms with van der Waals surface area (Å²) in [6.07, 6.45) is 0. The van der Waals surface area contributed by atoms with Crippen LogP contribution < -0.4 is 5.32 Å². The maximum absolute atomic E-state index is 13.2. The van der Waals surface area contributed by atoms with Gasteiger partial charge in [0.1, 0.15) is 12.4 Å². The Morgan fingerprint density at radius 3 is 2.62 bits per heavy atom. The number of alkyl halides is 2. The summed E-state index contributed by atoms with van der Waals surface area (Å²) in [5, 5.41) is 10.7. The molecule has 1 aromatic carbocycles. The minimum Gasteiger partial charge on any atom is -0.390 e. The highest BCUT2D eigenvalue weighted by Gasteiger charge is 2.26. The zero-order valence-electron chi connectivity index (χ0n) is 8.31. The van der Waals surface area contributed by atoms with Gasteiger partial charge in [0.05, 0.1) is 6.54 Å².